The highest BCUT2D eigenvalue weighted by molar-refractivity contribution is 9.10. The van der Waals surface area contributed by atoms with E-state index in [0.717, 1.165) is 5.56 Å². The van der Waals surface area contributed by atoms with Gasteiger partial charge in [-0.2, -0.15) is 4.31 Å². The number of carbonyl (C=O) groups excluding carboxylic acids is 1. The van der Waals surface area contributed by atoms with Gasteiger partial charge in [0.25, 0.3) is 0 Å². The minimum absolute atomic E-state index is 0.159. The van der Waals surface area contributed by atoms with Crippen LogP contribution in [0.15, 0.2) is 57.9 Å². The second-order valence-corrected chi connectivity index (χ2v) is 8.39. The molecule has 0 saturated heterocycles. The molecule has 0 heterocycles. The zero-order valence-corrected chi connectivity index (χ0v) is 16.6. The van der Waals surface area contributed by atoms with Crippen LogP contribution in [0.1, 0.15) is 18.9 Å². The summed E-state index contributed by atoms with van der Waals surface area (Å²) in [6, 6.07) is 14.0. The van der Waals surface area contributed by atoms with Gasteiger partial charge in [0, 0.05) is 16.7 Å². The van der Waals surface area contributed by atoms with E-state index in [-0.39, 0.29) is 23.9 Å². The van der Waals surface area contributed by atoms with Gasteiger partial charge in [-0.25, -0.2) is 8.42 Å². The number of hydrogen-bond acceptors (Lipinski definition) is 3. The summed E-state index contributed by atoms with van der Waals surface area (Å²) < 4.78 is 27.5. The molecule has 0 radical (unpaired) electrons. The number of amides is 1. The maximum Gasteiger partial charge on any atom is 0.244 e. The van der Waals surface area contributed by atoms with Crippen molar-refractivity contribution in [3.05, 3.63) is 58.6 Å². The Morgan fingerprint density at radius 3 is 2.40 bits per heavy atom. The van der Waals surface area contributed by atoms with Crippen LogP contribution in [0.3, 0.4) is 0 Å². The molecule has 0 fully saturated rings. The van der Waals surface area contributed by atoms with Crippen molar-refractivity contribution >= 4 is 37.5 Å². The van der Waals surface area contributed by atoms with Crippen LogP contribution in [-0.4, -0.2) is 31.7 Å². The van der Waals surface area contributed by atoms with E-state index in [0.29, 0.717) is 16.6 Å². The lowest BCUT2D eigenvalue weighted by atomic mass is 10.2. The molecule has 1 N–H and O–H groups in total. The summed E-state index contributed by atoms with van der Waals surface area (Å²) in [5, 5.41) is 2.78. The average molecular weight is 425 g/mol. The molecule has 2 rings (SSSR count). The van der Waals surface area contributed by atoms with Crippen molar-refractivity contribution in [2.45, 2.75) is 25.2 Å². The zero-order chi connectivity index (χ0) is 18.4. The van der Waals surface area contributed by atoms with Crippen molar-refractivity contribution < 1.29 is 13.2 Å². The van der Waals surface area contributed by atoms with Crippen LogP contribution >= 0.6 is 15.9 Å². The lowest BCUT2D eigenvalue weighted by Crippen LogP contribution is -2.38. The summed E-state index contributed by atoms with van der Waals surface area (Å²) in [6.45, 7) is 3.80. The van der Waals surface area contributed by atoms with Crippen molar-refractivity contribution in [2.75, 3.05) is 18.4 Å². The van der Waals surface area contributed by atoms with Crippen molar-refractivity contribution in [2.24, 2.45) is 0 Å². The Hall–Kier alpha value is -1.70. The van der Waals surface area contributed by atoms with Crippen molar-refractivity contribution in [3.8, 4) is 0 Å². The van der Waals surface area contributed by atoms with Crippen molar-refractivity contribution in [3.63, 3.8) is 0 Å². The van der Waals surface area contributed by atoms with E-state index in [1.54, 1.807) is 24.3 Å². The summed E-state index contributed by atoms with van der Waals surface area (Å²) in [6.07, 6.45) is 0.612. The molecule has 0 aliphatic rings. The van der Waals surface area contributed by atoms with Crippen LogP contribution in [0.2, 0.25) is 0 Å². The molecule has 0 saturated carbocycles. The Balaban J connectivity index is 2.22. The Bertz CT molecular complexity index is 853. The van der Waals surface area contributed by atoms with E-state index in [2.05, 4.69) is 21.2 Å². The second kappa shape index (κ2) is 8.60. The fraction of sp³-hybridized carbons (Fsp3) is 0.278. The molecule has 7 heteroatoms. The number of rotatable bonds is 7. The third kappa shape index (κ3) is 4.90. The van der Waals surface area contributed by atoms with Crippen molar-refractivity contribution in [1.82, 2.24) is 4.31 Å². The predicted octanol–water partition coefficient (Wildman–Crippen LogP) is 3.80. The molecule has 0 atom stereocenters. The standard InChI is InChI=1S/C18H21BrN2O3S/c1-3-12-21(25(23,24)17-11-7-5-9-15(17)19)13-18(22)20-16-10-6-4-8-14(16)2/h4-11H,3,12-13H2,1-2H3,(H,20,22). The summed E-state index contributed by atoms with van der Waals surface area (Å²) in [4.78, 5) is 12.5. The second-order valence-electron chi connectivity index (χ2n) is 5.63. The van der Waals surface area contributed by atoms with Gasteiger partial charge in [-0.15, -0.1) is 0 Å². The third-order valence-corrected chi connectivity index (χ3v) is 6.52. The molecule has 0 aliphatic heterocycles. The Kier molecular flexibility index (Phi) is 6.75. The first-order valence-corrected chi connectivity index (χ1v) is 10.2. The van der Waals surface area contributed by atoms with Gasteiger partial charge in [0.05, 0.1) is 11.4 Å². The Morgan fingerprint density at radius 2 is 1.76 bits per heavy atom. The topological polar surface area (TPSA) is 66.5 Å². The average Bonchev–Trinajstić information content (AvgIpc) is 2.57. The normalized spacial score (nSPS) is 11.5. The first kappa shape index (κ1) is 19.6. The van der Waals surface area contributed by atoms with Crippen LogP contribution in [0.4, 0.5) is 5.69 Å². The highest BCUT2D eigenvalue weighted by Gasteiger charge is 2.27. The molecule has 2 aromatic rings. The monoisotopic (exact) mass is 424 g/mol. The van der Waals surface area contributed by atoms with Gasteiger partial charge in [0.1, 0.15) is 0 Å². The van der Waals surface area contributed by atoms with E-state index in [1.807, 2.05) is 32.0 Å². The van der Waals surface area contributed by atoms with Crippen LogP contribution in [0.25, 0.3) is 0 Å². The minimum Gasteiger partial charge on any atom is -0.325 e. The summed E-state index contributed by atoms with van der Waals surface area (Å²) in [7, 11) is -3.77. The maximum atomic E-state index is 12.9. The SMILES string of the molecule is CCCN(CC(=O)Nc1ccccc1C)S(=O)(=O)c1ccccc1Br. The number of nitrogens with one attached hydrogen (secondary N) is 1. The third-order valence-electron chi connectivity index (χ3n) is 3.67. The molecule has 25 heavy (non-hydrogen) atoms. The molecule has 0 spiro atoms. The summed E-state index contributed by atoms with van der Waals surface area (Å²) in [5.74, 6) is -0.363. The number of aryl methyl sites for hydroxylation is 1. The number of para-hydroxylation sites is 1. The van der Waals surface area contributed by atoms with E-state index in [4.69, 9.17) is 0 Å². The smallest absolute Gasteiger partial charge is 0.244 e. The van der Waals surface area contributed by atoms with E-state index >= 15 is 0 Å². The van der Waals surface area contributed by atoms with E-state index < -0.39 is 10.0 Å². The summed E-state index contributed by atoms with van der Waals surface area (Å²) >= 11 is 3.27. The number of carbonyl (C=O) groups is 1. The highest BCUT2D eigenvalue weighted by Crippen LogP contribution is 2.25. The Labute approximate surface area is 157 Å². The quantitative estimate of drug-likeness (QED) is 0.734. The Morgan fingerprint density at radius 1 is 1.12 bits per heavy atom. The van der Waals surface area contributed by atoms with E-state index in [1.165, 1.54) is 10.4 Å². The summed E-state index contributed by atoms with van der Waals surface area (Å²) in [5.41, 5.74) is 1.61. The highest BCUT2D eigenvalue weighted by atomic mass is 79.9. The molecule has 2 aromatic carbocycles. The zero-order valence-electron chi connectivity index (χ0n) is 14.2. The fourth-order valence-electron chi connectivity index (χ4n) is 2.39. The van der Waals surface area contributed by atoms with Crippen LogP contribution < -0.4 is 5.32 Å². The molecule has 0 bridgehead atoms. The molecule has 1 amide bonds. The van der Waals surface area contributed by atoms with Gasteiger partial charge in [-0.05, 0) is 53.0 Å². The lowest BCUT2D eigenvalue weighted by molar-refractivity contribution is -0.116. The van der Waals surface area contributed by atoms with Crippen LogP contribution in [0.5, 0.6) is 0 Å². The molecule has 0 aliphatic carbocycles. The molecule has 134 valence electrons. The van der Waals surface area contributed by atoms with E-state index in [9.17, 15) is 13.2 Å². The molecular formula is C18H21BrN2O3S. The number of sulfonamides is 1. The molecule has 5 nitrogen and oxygen atoms in total. The van der Waals surface area contributed by atoms with Gasteiger partial charge in [0.15, 0.2) is 0 Å². The molecular weight excluding hydrogens is 404 g/mol. The van der Waals surface area contributed by atoms with Crippen LogP contribution in [0, 0.1) is 6.92 Å². The predicted molar refractivity (Wildman–Crippen MR) is 103 cm³/mol. The van der Waals surface area contributed by atoms with Crippen molar-refractivity contribution in [1.29, 1.82) is 0 Å². The molecule has 0 unspecified atom stereocenters. The number of benzene rings is 2. The van der Waals surface area contributed by atoms with Gasteiger partial charge in [-0.3, -0.25) is 4.79 Å². The van der Waals surface area contributed by atoms with Crippen LogP contribution in [-0.2, 0) is 14.8 Å². The van der Waals surface area contributed by atoms with Gasteiger partial charge < -0.3 is 5.32 Å². The fourth-order valence-corrected chi connectivity index (χ4v) is 4.84. The maximum absolute atomic E-state index is 12.9. The largest absolute Gasteiger partial charge is 0.325 e. The minimum atomic E-state index is -3.77. The first-order chi connectivity index (χ1) is 11.9. The lowest BCUT2D eigenvalue weighted by Gasteiger charge is -2.22. The number of anilines is 1. The van der Waals surface area contributed by atoms with Gasteiger partial charge in [-0.1, -0.05) is 37.3 Å². The van der Waals surface area contributed by atoms with Gasteiger partial charge in [0.2, 0.25) is 15.9 Å². The number of hydrogen-bond donors (Lipinski definition) is 1. The number of nitrogens with zero attached hydrogens (tertiary/aromatic N) is 1. The number of halogens is 1. The first-order valence-electron chi connectivity index (χ1n) is 7.96. The molecule has 0 aromatic heterocycles. The van der Waals surface area contributed by atoms with Gasteiger partial charge >= 0.3 is 0 Å².